The quantitative estimate of drug-likeness (QED) is 0.528. The zero-order valence-electron chi connectivity index (χ0n) is 17.7. The SMILES string of the molecule is CCOc1cc([C@H](CS(C)(=O)=O)n2c(=O)n(C3CC3)c3cc(F)ccc32)ccc1OC. The number of benzene rings is 2. The first-order chi connectivity index (χ1) is 14.7. The average molecular weight is 449 g/mol. The molecule has 2 aromatic carbocycles. The van der Waals surface area contributed by atoms with Gasteiger partial charge in [-0.15, -0.1) is 0 Å². The number of imidazole rings is 1. The summed E-state index contributed by atoms with van der Waals surface area (Å²) in [5.74, 6) is 0.248. The van der Waals surface area contributed by atoms with Gasteiger partial charge in [0.15, 0.2) is 11.5 Å². The number of hydrogen-bond donors (Lipinski definition) is 0. The van der Waals surface area contributed by atoms with Crippen molar-refractivity contribution in [3.05, 3.63) is 58.3 Å². The first kappa shape index (κ1) is 21.4. The van der Waals surface area contributed by atoms with Crippen LogP contribution >= 0.6 is 0 Å². The van der Waals surface area contributed by atoms with Crippen LogP contribution in [0.1, 0.15) is 37.4 Å². The molecule has 0 spiro atoms. The van der Waals surface area contributed by atoms with Crippen molar-refractivity contribution in [1.29, 1.82) is 0 Å². The third kappa shape index (κ3) is 4.19. The first-order valence-corrected chi connectivity index (χ1v) is 12.2. The number of halogens is 1. The van der Waals surface area contributed by atoms with Gasteiger partial charge in [0.2, 0.25) is 0 Å². The molecule has 1 aliphatic carbocycles. The molecule has 166 valence electrons. The summed E-state index contributed by atoms with van der Waals surface area (Å²) in [6.07, 6.45) is 2.81. The van der Waals surface area contributed by atoms with Crippen LogP contribution in [-0.2, 0) is 9.84 Å². The third-order valence-electron chi connectivity index (χ3n) is 5.43. The van der Waals surface area contributed by atoms with Gasteiger partial charge in [-0.05, 0) is 55.7 Å². The van der Waals surface area contributed by atoms with Crippen molar-refractivity contribution < 1.29 is 22.3 Å². The molecule has 1 atom stereocenters. The van der Waals surface area contributed by atoms with Gasteiger partial charge in [0.1, 0.15) is 15.7 Å². The summed E-state index contributed by atoms with van der Waals surface area (Å²) >= 11 is 0. The molecular formula is C22H25FN2O5S. The van der Waals surface area contributed by atoms with E-state index in [1.807, 2.05) is 6.92 Å². The van der Waals surface area contributed by atoms with Crippen LogP contribution in [0.25, 0.3) is 11.0 Å². The zero-order valence-corrected chi connectivity index (χ0v) is 18.5. The number of ether oxygens (including phenoxy) is 2. The lowest BCUT2D eigenvalue weighted by Gasteiger charge is -2.20. The Bertz CT molecular complexity index is 1290. The minimum Gasteiger partial charge on any atom is -0.493 e. The summed E-state index contributed by atoms with van der Waals surface area (Å²) in [5, 5.41) is 0. The molecule has 31 heavy (non-hydrogen) atoms. The minimum absolute atomic E-state index is 0.00628. The molecule has 3 aromatic rings. The van der Waals surface area contributed by atoms with E-state index in [1.165, 1.54) is 29.9 Å². The van der Waals surface area contributed by atoms with Crippen molar-refractivity contribution in [1.82, 2.24) is 9.13 Å². The molecule has 0 unspecified atom stereocenters. The van der Waals surface area contributed by atoms with Gasteiger partial charge in [0, 0.05) is 12.3 Å². The zero-order chi connectivity index (χ0) is 22.3. The highest BCUT2D eigenvalue weighted by Gasteiger charge is 2.32. The van der Waals surface area contributed by atoms with Crippen molar-refractivity contribution in [2.45, 2.75) is 31.8 Å². The molecule has 0 N–H and O–H groups in total. The smallest absolute Gasteiger partial charge is 0.329 e. The van der Waals surface area contributed by atoms with Crippen molar-refractivity contribution in [3.8, 4) is 11.5 Å². The van der Waals surface area contributed by atoms with Crippen LogP contribution in [0.3, 0.4) is 0 Å². The number of rotatable bonds is 8. The Morgan fingerprint density at radius 1 is 1.13 bits per heavy atom. The molecule has 1 saturated carbocycles. The van der Waals surface area contributed by atoms with Crippen molar-refractivity contribution >= 4 is 20.9 Å². The maximum Gasteiger partial charge on any atom is 0.329 e. The van der Waals surface area contributed by atoms with Crippen LogP contribution in [0, 0.1) is 5.82 Å². The molecule has 4 rings (SSSR count). The van der Waals surface area contributed by atoms with E-state index in [4.69, 9.17) is 9.47 Å². The predicted molar refractivity (Wildman–Crippen MR) is 116 cm³/mol. The van der Waals surface area contributed by atoms with Crippen LogP contribution in [0.2, 0.25) is 0 Å². The molecule has 1 aliphatic rings. The Morgan fingerprint density at radius 3 is 2.48 bits per heavy atom. The number of aromatic nitrogens is 2. The molecule has 0 bridgehead atoms. The minimum atomic E-state index is -3.46. The molecule has 9 heteroatoms. The Labute approximate surface area is 179 Å². The molecule has 0 amide bonds. The highest BCUT2D eigenvalue weighted by Crippen LogP contribution is 2.38. The van der Waals surface area contributed by atoms with Gasteiger partial charge in [-0.2, -0.15) is 0 Å². The summed E-state index contributed by atoms with van der Waals surface area (Å²) in [5.41, 5.74) is 1.23. The van der Waals surface area contributed by atoms with Gasteiger partial charge < -0.3 is 9.47 Å². The van der Waals surface area contributed by atoms with E-state index in [-0.39, 0.29) is 17.5 Å². The number of methoxy groups -OCH3 is 1. The van der Waals surface area contributed by atoms with E-state index in [0.29, 0.717) is 34.7 Å². The van der Waals surface area contributed by atoms with E-state index < -0.39 is 21.7 Å². The lowest BCUT2D eigenvalue weighted by molar-refractivity contribution is 0.310. The Hall–Kier alpha value is -2.81. The topological polar surface area (TPSA) is 79.5 Å². The van der Waals surface area contributed by atoms with Gasteiger partial charge in [-0.3, -0.25) is 9.13 Å². The van der Waals surface area contributed by atoms with E-state index >= 15 is 0 Å². The van der Waals surface area contributed by atoms with Crippen molar-refractivity contribution in [3.63, 3.8) is 0 Å². The molecule has 7 nitrogen and oxygen atoms in total. The maximum atomic E-state index is 14.0. The molecule has 0 radical (unpaired) electrons. The average Bonchev–Trinajstić information content (AvgIpc) is 3.49. The van der Waals surface area contributed by atoms with Crippen molar-refractivity contribution in [2.75, 3.05) is 25.7 Å². The Kier molecular flexibility index (Phi) is 5.55. The van der Waals surface area contributed by atoms with Crippen LogP contribution < -0.4 is 15.2 Å². The maximum absolute atomic E-state index is 14.0. The Balaban J connectivity index is 1.97. The standard InChI is InChI=1S/C22H25FN2O5S/c1-4-30-21-11-14(5-10-20(21)29-2)19(13-31(3,27)28)25-17-9-6-15(23)12-18(17)24(22(25)26)16-7-8-16/h5-6,9-12,16,19H,4,7-8,13H2,1-3H3/t19-/m0/s1. The van der Waals surface area contributed by atoms with Gasteiger partial charge in [-0.1, -0.05) is 6.07 Å². The molecule has 1 fully saturated rings. The summed E-state index contributed by atoms with van der Waals surface area (Å²) in [7, 11) is -1.94. The largest absolute Gasteiger partial charge is 0.493 e. The van der Waals surface area contributed by atoms with Crippen molar-refractivity contribution in [2.24, 2.45) is 0 Å². The van der Waals surface area contributed by atoms with Gasteiger partial charge in [0.25, 0.3) is 0 Å². The highest BCUT2D eigenvalue weighted by atomic mass is 32.2. The molecule has 0 aliphatic heterocycles. The van der Waals surface area contributed by atoms with Gasteiger partial charge >= 0.3 is 5.69 Å². The lowest BCUT2D eigenvalue weighted by Crippen LogP contribution is -2.31. The molecule has 1 aromatic heterocycles. The fourth-order valence-electron chi connectivity index (χ4n) is 3.98. The fourth-order valence-corrected chi connectivity index (χ4v) is 4.89. The molecule has 1 heterocycles. The second-order valence-corrected chi connectivity index (χ2v) is 10.0. The Morgan fingerprint density at radius 2 is 1.87 bits per heavy atom. The van der Waals surface area contributed by atoms with Gasteiger partial charge in [0.05, 0.1) is 36.5 Å². The third-order valence-corrected chi connectivity index (χ3v) is 6.35. The van der Waals surface area contributed by atoms with E-state index in [2.05, 4.69) is 0 Å². The summed E-state index contributed by atoms with van der Waals surface area (Å²) in [6, 6.07) is 8.48. The van der Waals surface area contributed by atoms with Crippen LogP contribution in [-0.4, -0.2) is 43.3 Å². The first-order valence-electron chi connectivity index (χ1n) is 10.1. The second-order valence-electron chi connectivity index (χ2n) is 7.84. The van der Waals surface area contributed by atoms with E-state index in [0.717, 1.165) is 19.1 Å². The second kappa shape index (κ2) is 8.03. The number of fused-ring (bicyclic) bond motifs is 1. The predicted octanol–water partition coefficient (Wildman–Crippen LogP) is 3.32. The fraction of sp³-hybridized carbons (Fsp3) is 0.409. The summed E-state index contributed by atoms with van der Waals surface area (Å²) < 4.78 is 52.7. The number of nitrogens with zero attached hydrogens (tertiary/aromatic N) is 2. The normalized spacial score (nSPS) is 15.2. The van der Waals surface area contributed by atoms with E-state index in [9.17, 15) is 17.6 Å². The van der Waals surface area contributed by atoms with Crippen LogP contribution in [0.4, 0.5) is 4.39 Å². The number of sulfone groups is 1. The molecule has 0 saturated heterocycles. The summed E-state index contributed by atoms with van der Waals surface area (Å²) in [6.45, 7) is 2.24. The monoisotopic (exact) mass is 448 g/mol. The van der Waals surface area contributed by atoms with E-state index in [1.54, 1.807) is 22.8 Å². The molecular weight excluding hydrogens is 423 g/mol. The van der Waals surface area contributed by atoms with Crippen LogP contribution in [0.5, 0.6) is 11.5 Å². The van der Waals surface area contributed by atoms with Gasteiger partial charge in [-0.25, -0.2) is 17.6 Å². The highest BCUT2D eigenvalue weighted by molar-refractivity contribution is 7.90. The van der Waals surface area contributed by atoms with Crippen LogP contribution in [0.15, 0.2) is 41.2 Å². The lowest BCUT2D eigenvalue weighted by atomic mass is 10.1. The summed E-state index contributed by atoms with van der Waals surface area (Å²) in [4.78, 5) is 13.5. The number of hydrogen-bond acceptors (Lipinski definition) is 5.